The van der Waals surface area contributed by atoms with Gasteiger partial charge in [0.15, 0.2) is 4.98 Å². The highest BCUT2D eigenvalue weighted by Gasteiger charge is 2.22. The summed E-state index contributed by atoms with van der Waals surface area (Å²) in [5.74, 6) is 0. The third kappa shape index (κ3) is 1.86. The topological polar surface area (TPSA) is 71.3 Å². The Bertz CT molecular complexity index is 390. The Kier molecular flexibility index (Phi) is 2.66. The minimum absolute atomic E-state index is 0.0679. The fraction of sp³-hybridized carbons (Fsp3) is 0. The van der Waals surface area contributed by atoms with Crippen LogP contribution in [0, 0.1) is 15.5 Å². The van der Waals surface area contributed by atoms with E-state index in [1.54, 1.807) is 0 Å². The molecule has 0 aliphatic rings. The SMILES string of the molecule is N#[N+]c1c(Cl)cc([N+](=O)[O-])cc1Cl. The van der Waals surface area contributed by atoms with Gasteiger partial charge in [-0.2, -0.15) is 0 Å². The lowest BCUT2D eigenvalue weighted by molar-refractivity contribution is -0.384. The monoisotopic (exact) mass is 218 g/mol. The largest absolute Gasteiger partial charge is 0.422 e. The van der Waals surface area contributed by atoms with Gasteiger partial charge in [-0.1, -0.05) is 23.2 Å². The first-order valence-electron chi connectivity index (χ1n) is 3.05. The summed E-state index contributed by atoms with van der Waals surface area (Å²) < 4.78 is 0. The molecule has 0 saturated carbocycles. The summed E-state index contributed by atoms with van der Waals surface area (Å²) in [6, 6.07) is 2.12. The van der Waals surface area contributed by atoms with Crippen LogP contribution in [0.5, 0.6) is 0 Å². The summed E-state index contributed by atoms with van der Waals surface area (Å²) in [7, 11) is 0. The van der Waals surface area contributed by atoms with E-state index in [4.69, 9.17) is 28.6 Å². The normalized spacial score (nSPS) is 9.31. The number of halogens is 2. The van der Waals surface area contributed by atoms with Gasteiger partial charge in [0.2, 0.25) is 5.39 Å². The van der Waals surface area contributed by atoms with Crippen LogP contribution in [0.3, 0.4) is 0 Å². The van der Waals surface area contributed by atoms with Crippen LogP contribution in [0.15, 0.2) is 12.1 Å². The molecular formula is C6H2Cl2N3O2+. The minimum Gasteiger partial charge on any atom is -0.258 e. The zero-order chi connectivity index (χ0) is 10.0. The average Bonchev–Trinajstić information content (AvgIpc) is 2.03. The van der Waals surface area contributed by atoms with Crippen molar-refractivity contribution < 1.29 is 4.92 Å². The zero-order valence-electron chi connectivity index (χ0n) is 6.07. The van der Waals surface area contributed by atoms with Gasteiger partial charge in [0.05, 0.1) is 4.92 Å². The van der Waals surface area contributed by atoms with E-state index in [9.17, 15) is 10.1 Å². The number of hydrogen-bond donors (Lipinski definition) is 0. The predicted octanol–water partition coefficient (Wildman–Crippen LogP) is 3.39. The molecule has 0 bridgehead atoms. The third-order valence-electron chi connectivity index (χ3n) is 1.31. The summed E-state index contributed by atoms with van der Waals surface area (Å²) >= 11 is 11.1. The Labute approximate surface area is 82.7 Å². The fourth-order valence-corrected chi connectivity index (χ4v) is 1.30. The molecule has 0 heterocycles. The van der Waals surface area contributed by atoms with Gasteiger partial charge in [-0.25, -0.2) is 0 Å². The molecule has 7 heteroatoms. The number of diazo groups is 1. The maximum atomic E-state index is 10.3. The van der Waals surface area contributed by atoms with Gasteiger partial charge in [0.1, 0.15) is 10.0 Å². The van der Waals surface area contributed by atoms with Crippen molar-refractivity contribution in [2.45, 2.75) is 0 Å². The molecule has 0 aliphatic carbocycles. The van der Waals surface area contributed by atoms with Crippen LogP contribution in [-0.2, 0) is 0 Å². The molecule has 0 unspecified atom stereocenters. The van der Waals surface area contributed by atoms with Gasteiger partial charge in [0, 0.05) is 12.1 Å². The van der Waals surface area contributed by atoms with E-state index >= 15 is 0 Å². The van der Waals surface area contributed by atoms with Gasteiger partial charge in [0.25, 0.3) is 5.69 Å². The van der Waals surface area contributed by atoms with E-state index in [1.807, 2.05) is 0 Å². The third-order valence-corrected chi connectivity index (χ3v) is 1.89. The first-order valence-corrected chi connectivity index (χ1v) is 3.80. The van der Waals surface area contributed by atoms with Gasteiger partial charge >= 0.3 is 5.69 Å². The maximum absolute atomic E-state index is 10.3. The fourth-order valence-electron chi connectivity index (χ4n) is 0.753. The number of nitro groups is 1. The Morgan fingerprint density at radius 3 is 2.15 bits per heavy atom. The van der Waals surface area contributed by atoms with Crippen LogP contribution < -0.4 is 0 Å². The summed E-state index contributed by atoms with van der Waals surface area (Å²) in [6.45, 7) is 0. The van der Waals surface area contributed by atoms with Crippen LogP contribution in [0.25, 0.3) is 4.98 Å². The van der Waals surface area contributed by atoms with E-state index in [0.29, 0.717) is 0 Å². The molecule has 1 aromatic rings. The highest BCUT2D eigenvalue weighted by Crippen LogP contribution is 2.36. The molecule has 0 fully saturated rings. The van der Waals surface area contributed by atoms with E-state index in [2.05, 4.69) is 4.98 Å². The van der Waals surface area contributed by atoms with Crippen molar-refractivity contribution in [2.24, 2.45) is 0 Å². The van der Waals surface area contributed by atoms with E-state index in [-0.39, 0.29) is 21.4 Å². The van der Waals surface area contributed by atoms with Gasteiger partial charge < -0.3 is 0 Å². The Morgan fingerprint density at radius 2 is 1.85 bits per heavy atom. The summed E-state index contributed by atoms with van der Waals surface area (Å²) in [4.78, 5) is 12.4. The van der Waals surface area contributed by atoms with Crippen LogP contribution in [-0.4, -0.2) is 4.92 Å². The summed E-state index contributed by atoms with van der Waals surface area (Å²) in [5.41, 5.74) is -0.323. The second-order valence-electron chi connectivity index (χ2n) is 2.12. The second kappa shape index (κ2) is 3.56. The Morgan fingerprint density at radius 1 is 1.38 bits per heavy atom. The lowest BCUT2D eigenvalue weighted by Gasteiger charge is -1.91. The molecule has 0 amide bonds. The van der Waals surface area contributed by atoms with Crippen molar-refractivity contribution >= 4 is 34.6 Å². The zero-order valence-corrected chi connectivity index (χ0v) is 7.58. The van der Waals surface area contributed by atoms with Crippen molar-refractivity contribution in [3.63, 3.8) is 0 Å². The first kappa shape index (κ1) is 9.71. The molecule has 0 aliphatic heterocycles. The van der Waals surface area contributed by atoms with E-state index in [1.165, 1.54) is 0 Å². The first-order chi connectivity index (χ1) is 6.06. The molecule has 0 saturated heterocycles. The van der Waals surface area contributed by atoms with Crippen LogP contribution in [0.1, 0.15) is 0 Å². The molecule has 0 radical (unpaired) electrons. The van der Waals surface area contributed by atoms with Crippen molar-refractivity contribution in [1.82, 2.24) is 0 Å². The van der Waals surface area contributed by atoms with Gasteiger partial charge in [-0.3, -0.25) is 10.1 Å². The average molecular weight is 219 g/mol. The van der Waals surface area contributed by atoms with E-state index in [0.717, 1.165) is 12.1 Å². The van der Waals surface area contributed by atoms with Crippen molar-refractivity contribution in [2.75, 3.05) is 0 Å². The van der Waals surface area contributed by atoms with Crippen LogP contribution in [0.4, 0.5) is 11.4 Å². The van der Waals surface area contributed by atoms with Crippen LogP contribution >= 0.6 is 23.2 Å². The molecule has 1 rings (SSSR count). The summed E-state index contributed by atoms with van der Waals surface area (Å²) in [5, 5.41) is 18.6. The molecule has 0 spiro atoms. The van der Waals surface area contributed by atoms with E-state index < -0.39 is 4.92 Å². The number of nitro benzene ring substituents is 1. The Hall–Kier alpha value is -1.38. The van der Waals surface area contributed by atoms with Gasteiger partial charge in [-0.15, -0.1) is 0 Å². The molecule has 0 aromatic heterocycles. The molecule has 66 valence electrons. The lowest BCUT2D eigenvalue weighted by Crippen LogP contribution is -1.87. The lowest BCUT2D eigenvalue weighted by atomic mass is 10.3. The molecular weight excluding hydrogens is 217 g/mol. The predicted molar refractivity (Wildman–Crippen MR) is 47.9 cm³/mol. The number of nitrogens with zero attached hydrogens (tertiary/aromatic N) is 3. The summed E-state index contributed by atoms with van der Waals surface area (Å²) in [6.07, 6.45) is 0. The molecule has 0 N–H and O–H groups in total. The number of hydrogen-bond acceptors (Lipinski definition) is 3. The van der Waals surface area contributed by atoms with Gasteiger partial charge in [-0.05, 0) is 0 Å². The number of rotatable bonds is 1. The molecule has 5 nitrogen and oxygen atoms in total. The second-order valence-corrected chi connectivity index (χ2v) is 2.93. The van der Waals surface area contributed by atoms with Crippen molar-refractivity contribution in [3.05, 3.63) is 37.3 Å². The number of benzene rings is 1. The molecule has 1 aromatic carbocycles. The van der Waals surface area contributed by atoms with Crippen molar-refractivity contribution in [3.8, 4) is 0 Å². The quantitative estimate of drug-likeness (QED) is 0.412. The van der Waals surface area contributed by atoms with Crippen molar-refractivity contribution in [1.29, 1.82) is 5.39 Å². The molecule has 0 atom stereocenters. The highest BCUT2D eigenvalue weighted by atomic mass is 35.5. The molecule has 13 heavy (non-hydrogen) atoms. The minimum atomic E-state index is -0.640. The highest BCUT2D eigenvalue weighted by molar-refractivity contribution is 6.39. The number of non-ortho nitro benzene ring substituents is 1. The maximum Gasteiger partial charge on any atom is 0.422 e. The smallest absolute Gasteiger partial charge is 0.258 e. The Balaban J connectivity index is 3.39. The standard InChI is InChI=1S/C6H2Cl2N3O2/c7-4-1-3(11(12)13)2-5(8)6(4)10-9/h1-2H/q+1. The van der Waals surface area contributed by atoms with Crippen LogP contribution in [0.2, 0.25) is 10.0 Å².